The van der Waals surface area contributed by atoms with Gasteiger partial charge in [-0.05, 0) is 42.5 Å². The first-order valence-corrected chi connectivity index (χ1v) is 6.75. The fourth-order valence-electron chi connectivity index (χ4n) is 1.67. The lowest BCUT2D eigenvalue weighted by Gasteiger charge is -2.14. The first-order chi connectivity index (χ1) is 10.3. The molecule has 0 unspecified atom stereocenters. The third-order valence-electron chi connectivity index (χ3n) is 2.65. The minimum Gasteiger partial charge on any atom is -0.332 e. The third-order valence-corrected chi connectivity index (χ3v) is 3.19. The van der Waals surface area contributed by atoms with Crippen molar-refractivity contribution < 1.29 is 17.6 Å². The third kappa shape index (κ3) is 4.08. The van der Waals surface area contributed by atoms with Gasteiger partial charge in [0.2, 0.25) is 0 Å². The largest absolute Gasteiger partial charge is 0.417 e. The van der Waals surface area contributed by atoms with Crippen LogP contribution in [0.5, 0.6) is 0 Å². The fraction of sp³-hybridized carbons (Fsp3) is 0.0714. The van der Waals surface area contributed by atoms with Gasteiger partial charge in [0.15, 0.2) is 5.11 Å². The molecule has 0 fully saturated rings. The summed E-state index contributed by atoms with van der Waals surface area (Å²) in [5, 5.41) is 4.66. The zero-order valence-electron chi connectivity index (χ0n) is 10.8. The monoisotopic (exact) mass is 348 g/mol. The average molecular weight is 349 g/mol. The van der Waals surface area contributed by atoms with E-state index < -0.39 is 22.6 Å². The summed E-state index contributed by atoms with van der Waals surface area (Å²) in [6, 6.07) is 9.06. The van der Waals surface area contributed by atoms with Crippen LogP contribution in [0.1, 0.15) is 5.56 Å². The van der Waals surface area contributed by atoms with Gasteiger partial charge in [-0.25, -0.2) is 4.39 Å². The van der Waals surface area contributed by atoms with E-state index in [9.17, 15) is 17.6 Å². The molecule has 8 heteroatoms. The van der Waals surface area contributed by atoms with Crippen molar-refractivity contribution in [3.05, 3.63) is 58.9 Å². The Balaban J connectivity index is 2.14. The van der Waals surface area contributed by atoms with E-state index >= 15 is 0 Å². The van der Waals surface area contributed by atoms with Crippen molar-refractivity contribution in [1.29, 1.82) is 0 Å². The average Bonchev–Trinajstić information content (AvgIpc) is 2.42. The number of benzene rings is 2. The number of thiocarbonyl (C=S) groups is 1. The Morgan fingerprint density at radius 2 is 1.73 bits per heavy atom. The summed E-state index contributed by atoms with van der Waals surface area (Å²) in [4.78, 5) is 0. The standard InChI is InChI=1S/C14H9ClF4N2S/c15-10-6-5-8(7-9(10)14(17,18)19)20-13(22)21-12-4-2-1-3-11(12)16/h1-7H,(H2,20,21,22). The summed E-state index contributed by atoms with van der Waals surface area (Å²) in [5.74, 6) is -0.529. The van der Waals surface area contributed by atoms with Gasteiger partial charge in [-0.15, -0.1) is 0 Å². The first kappa shape index (κ1) is 16.5. The van der Waals surface area contributed by atoms with Gasteiger partial charge in [-0.2, -0.15) is 13.2 Å². The van der Waals surface area contributed by atoms with E-state index in [1.807, 2.05) is 0 Å². The van der Waals surface area contributed by atoms with Gasteiger partial charge in [-0.3, -0.25) is 0 Å². The second-order valence-electron chi connectivity index (χ2n) is 4.25. The Bertz CT molecular complexity index is 703. The van der Waals surface area contributed by atoms with Gasteiger partial charge in [-0.1, -0.05) is 23.7 Å². The number of para-hydroxylation sites is 1. The summed E-state index contributed by atoms with van der Waals surface area (Å²) in [7, 11) is 0. The Hall–Kier alpha value is -1.86. The summed E-state index contributed by atoms with van der Waals surface area (Å²) in [6.45, 7) is 0. The maximum absolute atomic E-state index is 13.4. The maximum Gasteiger partial charge on any atom is 0.417 e. The van der Waals surface area contributed by atoms with E-state index in [-0.39, 0.29) is 16.5 Å². The second kappa shape index (κ2) is 6.50. The number of halogens is 5. The van der Waals surface area contributed by atoms with E-state index in [0.29, 0.717) is 0 Å². The van der Waals surface area contributed by atoms with Crippen LogP contribution < -0.4 is 10.6 Å². The van der Waals surface area contributed by atoms with E-state index in [1.54, 1.807) is 6.07 Å². The van der Waals surface area contributed by atoms with Crippen molar-refractivity contribution in [1.82, 2.24) is 0 Å². The molecule has 0 heterocycles. The van der Waals surface area contributed by atoms with Crippen molar-refractivity contribution in [2.24, 2.45) is 0 Å². The van der Waals surface area contributed by atoms with E-state index in [0.717, 1.165) is 12.1 Å². The summed E-state index contributed by atoms with van der Waals surface area (Å²) < 4.78 is 51.7. The lowest BCUT2D eigenvalue weighted by molar-refractivity contribution is -0.137. The smallest absolute Gasteiger partial charge is 0.332 e. The van der Waals surface area contributed by atoms with E-state index in [4.69, 9.17) is 23.8 Å². The molecule has 0 saturated heterocycles. The molecule has 2 rings (SSSR count). The molecule has 0 saturated carbocycles. The second-order valence-corrected chi connectivity index (χ2v) is 5.07. The van der Waals surface area contributed by atoms with E-state index in [2.05, 4.69) is 10.6 Å². The Morgan fingerprint density at radius 3 is 2.36 bits per heavy atom. The lowest BCUT2D eigenvalue weighted by atomic mass is 10.2. The molecule has 22 heavy (non-hydrogen) atoms. The van der Waals surface area contributed by atoms with Crippen LogP contribution in [0.15, 0.2) is 42.5 Å². The quantitative estimate of drug-likeness (QED) is 0.568. The molecule has 0 bridgehead atoms. The molecule has 2 N–H and O–H groups in total. The van der Waals surface area contributed by atoms with Crippen molar-refractivity contribution in [2.45, 2.75) is 6.18 Å². The summed E-state index contributed by atoms with van der Waals surface area (Å²) >= 11 is 10.5. The van der Waals surface area contributed by atoms with Gasteiger partial charge in [0, 0.05) is 5.69 Å². The molecule has 0 radical (unpaired) electrons. The zero-order valence-corrected chi connectivity index (χ0v) is 12.4. The Kier molecular flexibility index (Phi) is 4.87. The van der Waals surface area contributed by atoms with Gasteiger partial charge in [0.25, 0.3) is 0 Å². The Morgan fingerprint density at radius 1 is 1.05 bits per heavy atom. The van der Waals surface area contributed by atoms with Crippen LogP contribution in [0.3, 0.4) is 0 Å². The molecular formula is C14H9ClF4N2S. The number of rotatable bonds is 2. The molecule has 116 valence electrons. The molecule has 0 atom stereocenters. The van der Waals surface area contributed by atoms with E-state index in [1.165, 1.54) is 24.3 Å². The van der Waals surface area contributed by atoms with Crippen LogP contribution in [-0.4, -0.2) is 5.11 Å². The van der Waals surface area contributed by atoms with Gasteiger partial charge in [0.05, 0.1) is 16.3 Å². The predicted octanol–water partition coefficient (Wildman–Crippen LogP) is 5.31. The topological polar surface area (TPSA) is 24.1 Å². The molecule has 0 aromatic heterocycles. The highest BCUT2D eigenvalue weighted by atomic mass is 35.5. The van der Waals surface area contributed by atoms with Gasteiger partial charge >= 0.3 is 6.18 Å². The molecule has 0 aliphatic carbocycles. The lowest BCUT2D eigenvalue weighted by Crippen LogP contribution is -2.20. The summed E-state index contributed by atoms with van der Waals surface area (Å²) in [6.07, 6.45) is -4.57. The van der Waals surface area contributed by atoms with Crippen molar-refractivity contribution >= 4 is 40.3 Å². The highest BCUT2D eigenvalue weighted by Crippen LogP contribution is 2.36. The van der Waals surface area contributed by atoms with Gasteiger partial charge in [0.1, 0.15) is 5.82 Å². The Labute approximate surface area is 134 Å². The van der Waals surface area contributed by atoms with Crippen molar-refractivity contribution in [2.75, 3.05) is 10.6 Å². The number of alkyl halides is 3. The van der Waals surface area contributed by atoms with Crippen LogP contribution in [0.4, 0.5) is 28.9 Å². The van der Waals surface area contributed by atoms with Gasteiger partial charge < -0.3 is 10.6 Å². The molecule has 0 aliphatic heterocycles. The van der Waals surface area contributed by atoms with Crippen LogP contribution >= 0.6 is 23.8 Å². The molecule has 0 amide bonds. The first-order valence-electron chi connectivity index (χ1n) is 5.96. The normalized spacial score (nSPS) is 11.1. The highest BCUT2D eigenvalue weighted by Gasteiger charge is 2.33. The SMILES string of the molecule is Fc1ccccc1NC(=S)Nc1ccc(Cl)c(C(F)(F)F)c1. The molecule has 0 aliphatic rings. The van der Waals surface area contributed by atoms with Crippen LogP contribution in [0.25, 0.3) is 0 Å². The molecule has 2 aromatic rings. The number of hydrogen-bond donors (Lipinski definition) is 2. The maximum atomic E-state index is 13.4. The number of hydrogen-bond acceptors (Lipinski definition) is 1. The molecule has 2 aromatic carbocycles. The van der Waals surface area contributed by atoms with Crippen LogP contribution in [-0.2, 0) is 6.18 Å². The minimum absolute atomic E-state index is 0.0412. The number of nitrogens with one attached hydrogen (secondary N) is 2. The molecule has 0 spiro atoms. The van der Waals surface area contributed by atoms with Crippen molar-refractivity contribution in [3.63, 3.8) is 0 Å². The highest BCUT2D eigenvalue weighted by molar-refractivity contribution is 7.80. The summed E-state index contributed by atoms with van der Waals surface area (Å²) in [5.41, 5.74) is -0.775. The predicted molar refractivity (Wildman–Crippen MR) is 82.7 cm³/mol. The number of anilines is 2. The zero-order chi connectivity index (χ0) is 16.3. The molecule has 2 nitrogen and oxygen atoms in total. The molecular weight excluding hydrogens is 340 g/mol. The van der Waals surface area contributed by atoms with Crippen LogP contribution in [0, 0.1) is 5.82 Å². The van der Waals surface area contributed by atoms with Crippen molar-refractivity contribution in [3.8, 4) is 0 Å². The minimum atomic E-state index is -4.57. The van der Waals surface area contributed by atoms with Crippen LogP contribution in [0.2, 0.25) is 5.02 Å². The fourth-order valence-corrected chi connectivity index (χ4v) is 2.12.